The summed E-state index contributed by atoms with van der Waals surface area (Å²) in [6, 6.07) is 3.66. The molecule has 4 nitrogen and oxygen atoms in total. The summed E-state index contributed by atoms with van der Waals surface area (Å²) in [4.78, 5) is 16.5. The lowest BCUT2D eigenvalue weighted by molar-refractivity contribution is 0.102. The van der Waals surface area contributed by atoms with Crippen LogP contribution in [0.15, 0.2) is 29.0 Å². The number of aromatic nitrogens is 3. The van der Waals surface area contributed by atoms with Crippen molar-refractivity contribution in [3.05, 3.63) is 46.0 Å². The lowest BCUT2D eigenvalue weighted by Crippen LogP contribution is -2.13. The minimum absolute atomic E-state index is 0.100. The van der Waals surface area contributed by atoms with Crippen LogP contribution in [0.5, 0.6) is 0 Å². The molecule has 0 bridgehead atoms. The fraction of sp³-hybridized carbons (Fsp3) is 0.308. The molecule has 0 amide bonds. The second-order valence-corrected chi connectivity index (χ2v) is 4.97. The summed E-state index contributed by atoms with van der Waals surface area (Å²) < 4.78 is 2.43. The van der Waals surface area contributed by atoms with E-state index in [0.29, 0.717) is 15.9 Å². The van der Waals surface area contributed by atoms with E-state index in [9.17, 15) is 4.79 Å². The summed E-state index contributed by atoms with van der Waals surface area (Å²) in [5.74, 6) is -0.100. The number of nitrogens with zero attached hydrogens (tertiary/aromatic N) is 3. The summed E-state index contributed by atoms with van der Waals surface area (Å²) in [5, 5.41) is 4.20. The third kappa shape index (κ3) is 2.51. The molecule has 2 aromatic heterocycles. The van der Waals surface area contributed by atoms with Crippen molar-refractivity contribution in [1.29, 1.82) is 0 Å². The number of aryl methyl sites for hydroxylation is 2. The van der Waals surface area contributed by atoms with Crippen molar-refractivity contribution >= 4 is 21.7 Å². The molecule has 0 spiro atoms. The lowest BCUT2D eigenvalue weighted by Gasteiger charge is -2.06. The summed E-state index contributed by atoms with van der Waals surface area (Å²) in [5.41, 5.74) is 2.04. The van der Waals surface area contributed by atoms with Crippen LogP contribution in [-0.4, -0.2) is 20.5 Å². The standard InChI is InChI=1S/C13H14BrN3O/c1-3-6-17-12(10(14)8-16-17)13(18)11-7-9(2)4-5-15-11/h4-5,7-8H,3,6H2,1-2H3. The predicted octanol–water partition coefficient (Wildman–Crippen LogP) is 2.99. The molecule has 2 aromatic rings. The normalized spacial score (nSPS) is 10.6. The molecule has 0 N–H and O–H groups in total. The van der Waals surface area contributed by atoms with Gasteiger partial charge in [0.05, 0.1) is 10.7 Å². The minimum atomic E-state index is -0.100. The number of pyridine rings is 1. The van der Waals surface area contributed by atoms with Crippen molar-refractivity contribution < 1.29 is 4.79 Å². The van der Waals surface area contributed by atoms with Gasteiger partial charge in [-0.1, -0.05) is 6.92 Å². The van der Waals surface area contributed by atoms with E-state index < -0.39 is 0 Å². The number of carbonyl (C=O) groups excluding carboxylic acids is 1. The molecule has 0 radical (unpaired) electrons. The van der Waals surface area contributed by atoms with Crippen molar-refractivity contribution in [2.75, 3.05) is 0 Å². The molecular weight excluding hydrogens is 294 g/mol. The molecule has 0 aromatic carbocycles. The van der Waals surface area contributed by atoms with Crippen LogP contribution < -0.4 is 0 Å². The van der Waals surface area contributed by atoms with Gasteiger partial charge in [0.2, 0.25) is 5.78 Å². The van der Waals surface area contributed by atoms with Gasteiger partial charge in [-0.2, -0.15) is 5.10 Å². The average Bonchev–Trinajstić information content (AvgIpc) is 2.70. The molecule has 0 atom stereocenters. The molecular formula is C13H14BrN3O. The largest absolute Gasteiger partial charge is 0.285 e. The smallest absolute Gasteiger partial charge is 0.230 e. The lowest BCUT2D eigenvalue weighted by atomic mass is 10.1. The van der Waals surface area contributed by atoms with Crippen molar-refractivity contribution in [3.8, 4) is 0 Å². The topological polar surface area (TPSA) is 47.8 Å². The van der Waals surface area contributed by atoms with Gasteiger partial charge in [0.1, 0.15) is 11.4 Å². The number of hydrogen-bond donors (Lipinski definition) is 0. The highest BCUT2D eigenvalue weighted by Gasteiger charge is 2.19. The summed E-state index contributed by atoms with van der Waals surface area (Å²) in [6.45, 7) is 4.71. The molecule has 2 rings (SSSR count). The fourth-order valence-corrected chi connectivity index (χ4v) is 2.23. The number of halogens is 1. The monoisotopic (exact) mass is 307 g/mol. The molecule has 0 aliphatic rings. The maximum absolute atomic E-state index is 12.4. The van der Waals surface area contributed by atoms with E-state index in [-0.39, 0.29) is 5.78 Å². The Morgan fingerprint density at radius 2 is 2.28 bits per heavy atom. The summed E-state index contributed by atoms with van der Waals surface area (Å²) in [6.07, 6.45) is 4.23. The Labute approximate surface area is 114 Å². The first-order chi connectivity index (χ1) is 8.63. The highest BCUT2D eigenvalue weighted by Crippen LogP contribution is 2.19. The van der Waals surface area contributed by atoms with E-state index in [2.05, 4.69) is 32.9 Å². The third-order valence-electron chi connectivity index (χ3n) is 2.59. The number of carbonyl (C=O) groups is 1. The molecule has 5 heteroatoms. The SMILES string of the molecule is CCCn1ncc(Br)c1C(=O)c1cc(C)ccn1. The van der Waals surface area contributed by atoms with Gasteiger partial charge < -0.3 is 0 Å². The van der Waals surface area contributed by atoms with Crippen LogP contribution in [0.2, 0.25) is 0 Å². The molecule has 0 unspecified atom stereocenters. The summed E-state index contributed by atoms with van der Waals surface area (Å²) in [7, 11) is 0. The van der Waals surface area contributed by atoms with Crippen molar-refractivity contribution in [2.45, 2.75) is 26.8 Å². The van der Waals surface area contributed by atoms with Crippen molar-refractivity contribution in [1.82, 2.24) is 14.8 Å². The van der Waals surface area contributed by atoms with Gasteiger partial charge >= 0.3 is 0 Å². The molecule has 0 saturated carbocycles. The van der Waals surface area contributed by atoms with Crippen molar-refractivity contribution in [3.63, 3.8) is 0 Å². The first-order valence-corrected chi connectivity index (χ1v) is 6.61. The molecule has 2 heterocycles. The van der Waals surface area contributed by atoms with E-state index >= 15 is 0 Å². The van der Waals surface area contributed by atoms with E-state index in [0.717, 1.165) is 18.5 Å². The van der Waals surface area contributed by atoms with Gasteiger partial charge in [0, 0.05) is 12.7 Å². The van der Waals surface area contributed by atoms with Crippen LogP contribution in [0.25, 0.3) is 0 Å². The minimum Gasteiger partial charge on any atom is -0.285 e. The Hall–Kier alpha value is -1.49. The molecule has 0 aliphatic carbocycles. The van der Waals surface area contributed by atoms with Gasteiger partial charge in [-0.3, -0.25) is 14.5 Å². The van der Waals surface area contributed by atoms with Gasteiger partial charge in [0.25, 0.3) is 0 Å². The molecule has 0 saturated heterocycles. The zero-order valence-corrected chi connectivity index (χ0v) is 11.9. The van der Waals surface area contributed by atoms with Gasteiger partial charge in [0.15, 0.2) is 0 Å². The van der Waals surface area contributed by atoms with Gasteiger partial charge in [-0.05, 0) is 47.0 Å². The molecule has 94 valence electrons. The Morgan fingerprint density at radius 1 is 1.50 bits per heavy atom. The molecule has 0 fully saturated rings. The third-order valence-corrected chi connectivity index (χ3v) is 3.17. The second-order valence-electron chi connectivity index (χ2n) is 4.11. The van der Waals surface area contributed by atoms with E-state index in [1.54, 1.807) is 23.1 Å². The van der Waals surface area contributed by atoms with Crippen LogP contribution in [0.1, 0.15) is 35.1 Å². The highest BCUT2D eigenvalue weighted by molar-refractivity contribution is 9.10. The Bertz CT molecular complexity index is 577. The van der Waals surface area contributed by atoms with E-state index in [4.69, 9.17) is 0 Å². The van der Waals surface area contributed by atoms with Crippen LogP contribution in [0, 0.1) is 6.92 Å². The maximum Gasteiger partial charge on any atom is 0.230 e. The second kappa shape index (κ2) is 5.44. The maximum atomic E-state index is 12.4. The van der Waals surface area contributed by atoms with Crippen LogP contribution in [0.4, 0.5) is 0 Å². The van der Waals surface area contributed by atoms with E-state index in [1.807, 2.05) is 13.0 Å². The first-order valence-electron chi connectivity index (χ1n) is 5.82. The number of hydrogen-bond acceptors (Lipinski definition) is 3. The molecule has 0 aliphatic heterocycles. The van der Waals surface area contributed by atoms with Crippen LogP contribution in [0.3, 0.4) is 0 Å². The van der Waals surface area contributed by atoms with E-state index in [1.165, 1.54) is 0 Å². The average molecular weight is 308 g/mol. The number of rotatable bonds is 4. The zero-order valence-electron chi connectivity index (χ0n) is 10.4. The van der Waals surface area contributed by atoms with Crippen LogP contribution >= 0.6 is 15.9 Å². The number of ketones is 1. The fourth-order valence-electron chi connectivity index (χ4n) is 1.75. The summed E-state index contributed by atoms with van der Waals surface area (Å²) >= 11 is 3.37. The predicted molar refractivity (Wildman–Crippen MR) is 72.6 cm³/mol. The molecule has 18 heavy (non-hydrogen) atoms. The Kier molecular flexibility index (Phi) is 3.91. The quantitative estimate of drug-likeness (QED) is 0.816. The van der Waals surface area contributed by atoms with Crippen molar-refractivity contribution in [2.24, 2.45) is 0 Å². The Balaban J connectivity index is 2.42. The zero-order chi connectivity index (χ0) is 13.1. The first kappa shape index (κ1) is 13.0. The highest BCUT2D eigenvalue weighted by atomic mass is 79.9. The van der Waals surface area contributed by atoms with Gasteiger partial charge in [-0.15, -0.1) is 0 Å². The Morgan fingerprint density at radius 3 is 2.94 bits per heavy atom. The van der Waals surface area contributed by atoms with Gasteiger partial charge in [-0.25, -0.2) is 0 Å². The van der Waals surface area contributed by atoms with Crippen LogP contribution in [-0.2, 0) is 6.54 Å².